The molecule has 0 amide bonds. The number of carboxylic acids is 1. The Balaban J connectivity index is 0.00000147. The zero-order valence-corrected chi connectivity index (χ0v) is 11.7. The van der Waals surface area contributed by atoms with Crippen LogP contribution in [0.25, 0.3) is 11.0 Å². The fourth-order valence-corrected chi connectivity index (χ4v) is 2.50. The first-order chi connectivity index (χ1) is 9.25. The van der Waals surface area contributed by atoms with E-state index in [1.54, 1.807) is 6.20 Å². The third-order valence-corrected chi connectivity index (χ3v) is 3.46. The number of rotatable bonds is 3. The number of hydrogen-bond donors (Lipinski definition) is 4. The van der Waals surface area contributed by atoms with Crippen molar-refractivity contribution in [2.24, 2.45) is 0 Å². The number of carboxylic acid groups (broad SMARTS) is 1. The molecule has 0 aromatic carbocycles. The summed E-state index contributed by atoms with van der Waals surface area (Å²) in [6, 6.07) is 2.11. The molecule has 1 aliphatic rings. The molecule has 0 radical (unpaired) electrons. The highest BCUT2D eigenvalue weighted by Gasteiger charge is 2.19. The molecule has 1 fully saturated rings. The van der Waals surface area contributed by atoms with Gasteiger partial charge in [0.25, 0.3) is 0 Å². The number of halogens is 1. The molecule has 4 N–H and O–H groups in total. The number of aromatic nitrogens is 2. The first-order valence-corrected chi connectivity index (χ1v) is 6.42. The third-order valence-electron chi connectivity index (χ3n) is 3.46. The molecule has 20 heavy (non-hydrogen) atoms. The Bertz CT molecular complexity index is 607. The summed E-state index contributed by atoms with van der Waals surface area (Å²) in [7, 11) is 0. The number of piperidine rings is 1. The Hall–Kier alpha value is -1.79. The molecule has 1 aliphatic heterocycles. The van der Waals surface area contributed by atoms with Crippen molar-refractivity contribution >= 4 is 35.1 Å². The highest BCUT2D eigenvalue weighted by atomic mass is 35.5. The molecule has 108 valence electrons. The molecule has 3 rings (SSSR count). The molecule has 1 atom stereocenters. The molecule has 0 saturated carbocycles. The van der Waals surface area contributed by atoms with Crippen LogP contribution in [0.15, 0.2) is 18.5 Å². The number of H-pyrrole nitrogens is 1. The highest BCUT2D eigenvalue weighted by Crippen LogP contribution is 2.27. The normalized spacial score (nSPS) is 18.5. The zero-order valence-electron chi connectivity index (χ0n) is 10.8. The number of carbonyl (C=O) groups is 1. The van der Waals surface area contributed by atoms with E-state index in [4.69, 9.17) is 0 Å². The van der Waals surface area contributed by atoms with E-state index in [9.17, 15) is 9.90 Å². The van der Waals surface area contributed by atoms with Gasteiger partial charge in [0, 0.05) is 30.4 Å². The van der Waals surface area contributed by atoms with Crippen molar-refractivity contribution in [3.8, 4) is 0 Å². The van der Waals surface area contributed by atoms with Crippen LogP contribution in [0, 0.1) is 0 Å². The van der Waals surface area contributed by atoms with Gasteiger partial charge in [-0.3, -0.25) is 0 Å². The molecular formula is C13H17ClN4O2. The van der Waals surface area contributed by atoms with Gasteiger partial charge in [-0.15, -0.1) is 12.4 Å². The van der Waals surface area contributed by atoms with Crippen molar-refractivity contribution in [1.82, 2.24) is 15.3 Å². The van der Waals surface area contributed by atoms with Gasteiger partial charge in [0.1, 0.15) is 11.2 Å². The number of fused-ring (bicyclic) bond motifs is 1. The molecule has 0 aliphatic carbocycles. The molecule has 2 aromatic rings. The number of aromatic carboxylic acids is 1. The van der Waals surface area contributed by atoms with Crippen LogP contribution in [0.5, 0.6) is 0 Å². The van der Waals surface area contributed by atoms with Gasteiger partial charge in [-0.25, -0.2) is 9.78 Å². The maximum atomic E-state index is 11.3. The van der Waals surface area contributed by atoms with E-state index >= 15 is 0 Å². The summed E-state index contributed by atoms with van der Waals surface area (Å²) in [5.74, 6) is -0.957. The Labute approximate surface area is 122 Å². The van der Waals surface area contributed by atoms with Crippen molar-refractivity contribution in [3.05, 3.63) is 24.0 Å². The fraction of sp³-hybridized carbons (Fsp3) is 0.385. The minimum atomic E-state index is -0.957. The van der Waals surface area contributed by atoms with E-state index in [1.165, 1.54) is 6.20 Å². The number of pyridine rings is 1. The predicted molar refractivity (Wildman–Crippen MR) is 79.8 cm³/mol. The lowest BCUT2D eigenvalue weighted by Crippen LogP contribution is -2.38. The predicted octanol–water partition coefficient (Wildman–Crippen LogP) is 1.85. The summed E-state index contributed by atoms with van der Waals surface area (Å²) in [5.41, 5.74) is 1.58. The topological polar surface area (TPSA) is 90.0 Å². The Morgan fingerprint density at radius 3 is 3.05 bits per heavy atom. The van der Waals surface area contributed by atoms with Gasteiger partial charge in [-0.2, -0.15) is 0 Å². The third kappa shape index (κ3) is 2.71. The molecule has 0 unspecified atom stereocenters. The van der Waals surface area contributed by atoms with Gasteiger partial charge in [0.05, 0.1) is 5.69 Å². The zero-order chi connectivity index (χ0) is 13.2. The summed E-state index contributed by atoms with van der Waals surface area (Å²) in [6.07, 6.45) is 5.31. The van der Waals surface area contributed by atoms with Gasteiger partial charge in [0.15, 0.2) is 0 Å². The maximum Gasteiger partial charge on any atom is 0.339 e. The summed E-state index contributed by atoms with van der Waals surface area (Å²) < 4.78 is 0. The van der Waals surface area contributed by atoms with Gasteiger partial charge in [0.2, 0.25) is 0 Å². The van der Waals surface area contributed by atoms with E-state index in [2.05, 4.69) is 20.6 Å². The minimum Gasteiger partial charge on any atom is -0.478 e. The monoisotopic (exact) mass is 296 g/mol. The summed E-state index contributed by atoms with van der Waals surface area (Å²) >= 11 is 0. The van der Waals surface area contributed by atoms with Crippen LogP contribution in [0.4, 0.5) is 5.69 Å². The van der Waals surface area contributed by atoms with Gasteiger partial charge in [-0.05, 0) is 25.5 Å². The second-order valence-electron chi connectivity index (χ2n) is 4.78. The van der Waals surface area contributed by atoms with Gasteiger partial charge in [-0.1, -0.05) is 0 Å². The molecule has 3 heterocycles. The second-order valence-corrected chi connectivity index (χ2v) is 4.78. The van der Waals surface area contributed by atoms with Crippen LogP contribution in [0.2, 0.25) is 0 Å². The SMILES string of the molecule is Cl.O=C(O)c1cnc2[nH]ccc2c1N[C@H]1CCCNC1. The molecule has 6 nitrogen and oxygen atoms in total. The van der Waals surface area contributed by atoms with Crippen LogP contribution < -0.4 is 10.6 Å². The summed E-state index contributed by atoms with van der Waals surface area (Å²) in [5, 5.41) is 16.8. The fourth-order valence-electron chi connectivity index (χ4n) is 2.50. The number of nitrogens with one attached hydrogen (secondary N) is 3. The number of hydrogen-bond acceptors (Lipinski definition) is 4. The summed E-state index contributed by atoms with van der Waals surface area (Å²) in [6.45, 7) is 1.88. The number of anilines is 1. The first kappa shape index (κ1) is 14.6. The van der Waals surface area contributed by atoms with Crippen LogP contribution >= 0.6 is 12.4 Å². The second kappa shape index (κ2) is 6.11. The smallest absolute Gasteiger partial charge is 0.339 e. The average molecular weight is 297 g/mol. The van der Waals surface area contributed by atoms with E-state index < -0.39 is 5.97 Å². The Morgan fingerprint density at radius 1 is 1.50 bits per heavy atom. The maximum absolute atomic E-state index is 11.3. The lowest BCUT2D eigenvalue weighted by atomic mass is 10.1. The highest BCUT2D eigenvalue weighted by molar-refractivity contribution is 6.03. The van der Waals surface area contributed by atoms with E-state index in [1.807, 2.05) is 6.07 Å². The van der Waals surface area contributed by atoms with Crippen LogP contribution in [0.1, 0.15) is 23.2 Å². The van der Waals surface area contributed by atoms with Crippen LogP contribution in [-0.2, 0) is 0 Å². The molecule has 7 heteroatoms. The molecule has 0 bridgehead atoms. The average Bonchev–Trinajstić information content (AvgIpc) is 2.88. The summed E-state index contributed by atoms with van der Waals surface area (Å²) in [4.78, 5) is 18.5. The van der Waals surface area contributed by atoms with E-state index in [-0.39, 0.29) is 24.0 Å². The van der Waals surface area contributed by atoms with Crippen molar-refractivity contribution in [1.29, 1.82) is 0 Å². The quantitative estimate of drug-likeness (QED) is 0.694. The molecule has 0 spiro atoms. The van der Waals surface area contributed by atoms with Crippen molar-refractivity contribution in [2.75, 3.05) is 18.4 Å². The molecule has 2 aromatic heterocycles. The molecule has 1 saturated heterocycles. The van der Waals surface area contributed by atoms with Gasteiger partial charge >= 0.3 is 5.97 Å². The van der Waals surface area contributed by atoms with Crippen molar-refractivity contribution in [2.45, 2.75) is 18.9 Å². The van der Waals surface area contributed by atoms with Gasteiger partial charge < -0.3 is 20.7 Å². The lowest BCUT2D eigenvalue weighted by molar-refractivity contribution is 0.0697. The van der Waals surface area contributed by atoms with Crippen LogP contribution in [-0.4, -0.2) is 40.2 Å². The van der Waals surface area contributed by atoms with Crippen LogP contribution in [0.3, 0.4) is 0 Å². The Morgan fingerprint density at radius 2 is 2.35 bits per heavy atom. The number of aromatic amines is 1. The largest absolute Gasteiger partial charge is 0.478 e. The standard InChI is InChI=1S/C13H16N4O2.ClH/c18-13(19)10-7-16-12-9(3-5-15-12)11(10)17-8-2-1-4-14-6-8;/h3,5,7-8,14H,1-2,4,6H2,(H,18,19)(H2,15,16,17);1H/t8-;/m0./s1. The molecular weight excluding hydrogens is 280 g/mol. The lowest BCUT2D eigenvalue weighted by Gasteiger charge is -2.25. The first-order valence-electron chi connectivity index (χ1n) is 6.42. The van der Waals surface area contributed by atoms with Crippen molar-refractivity contribution in [3.63, 3.8) is 0 Å². The Kier molecular flexibility index (Phi) is 4.46. The minimum absolute atomic E-state index is 0. The van der Waals surface area contributed by atoms with Crippen molar-refractivity contribution < 1.29 is 9.90 Å². The number of nitrogens with zero attached hydrogens (tertiary/aromatic N) is 1. The van der Waals surface area contributed by atoms with E-state index in [0.29, 0.717) is 11.3 Å². The van der Waals surface area contributed by atoms with E-state index in [0.717, 1.165) is 31.3 Å².